The highest BCUT2D eigenvalue weighted by Gasteiger charge is 2.32. The number of halogens is 2. The van der Waals surface area contributed by atoms with Crippen LogP contribution in [0.4, 0.5) is 5.69 Å². The number of fused-ring (bicyclic) bond motifs is 1. The number of nitrogens with zero attached hydrogens (tertiary/aromatic N) is 1. The van der Waals surface area contributed by atoms with E-state index in [4.69, 9.17) is 27.9 Å². The van der Waals surface area contributed by atoms with Crippen molar-refractivity contribution < 1.29 is 24.2 Å². The topological polar surface area (TPSA) is 95.9 Å². The van der Waals surface area contributed by atoms with Gasteiger partial charge in [-0.2, -0.15) is 0 Å². The summed E-state index contributed by atoms with van der Waals surface area (Å²) in [5, 5.41) is 11.3. The first kappa shape index (κ1) is 21.1. The maximum Gasteiger partial charge on any atom is 0.347 e. The Labute approximate surface area is 166 Å². The molecule has 0 amide bonds. The van der Waals surface area contributed by atoms with E-state index in [1.54, 1.807) is 31.0 Å². The number of ketones is 1. The summed E-state index contributed by atoms with van der Waals surface area (Å²) in [7, 11) is 0. The Balaban J connectivity index is 2.35. The van der Waals surface area contributed by atoms with Crippen molar-refractivity contribution in [3.05, 3.63) is 39.5 Å². The molecule has 2 N–H and O–H groups in total. The van der Waals surface area contributed by atoms with E-state index in [0.717, 1.165) is 6.20 Å². The van der Waals surface area contributed by atoms with E-state index in [0.29, 0.717) is 12.1 Å². The van der Waals surface area contributed by atoms with Crippen LogP contribution in [0.15, 0.2) is 23.9 Å². The molecule has 1 aromatic carbocycles. The van der Waals surface area contributed by atoms with Crippen LogP contribution in [0.3, 0.4) is 0 Å². The summed E-state index contributed by atoms with van der Waals surface area (Å²) >= 11 is 12.2. The number of hydrogen-bond donors (Lipinski definition) is 2. The minimum absolute atomic E-state index is 0.136. The van der Waals surface area contributed by atoms with E-state index in [1.807, 2.05) is 6.92 Å². The lowest BCUT2D eigenvalue weighted by Gasteiger charge is -2.36. The number of esters is 1. The van der Waals surface area contributed by atoms with Gasteiger partial charge in [-0.25, -0.2) is 9.59 Å². The molecule has 146 valence electrons. The second kappa shape index (κ2) is 8.63. The van der Waals surface area contributed by atoms with Crippen molar-refractivity contribution >= 4 is 46.6 Å². The molecule has 0 saturated carbocycles. The number of carboxylic acids is 1. The quantitative estimate of drug-likeness (QED) is 0.317. The average molecular weight is 415 g/mol. The molecule has 0 radical (unpaired) electrons. The molecule has 1 aliphatic heterocycles. The number of carbonyl (C=O) groups excluding carboxylic acids is 2. The van der Waals surface area contributed by atoms with Crippen LogP contribution in [0.1, 0.15) is 44.0 Å². The molecule has 0 bridgehead atoms. The number of hydrazine groups is 1. The number of ether oxygens (including phenoxy) is 1. The van der Waals surface area contributed by atoms with Crippen LogP contribution in [0.2, 0.25) is 10.0 Å². The van der Waals surface area contributed by atoms with E-state index in [9.17, 15) is 19.5 Å². The van der Waals surface area contributed by atoms with Crippen molar-refractivity contribution in [2.75, 3.05) is 5.01 Å². The first-order chi connectivity index (χ1) is 12.7. The molecule has 1 aromatic rings. The van der Waals surface area contributed by atoms with Gasteiger partial charge in [-0.15, -0.1) is 0 Å². The molecule has 0 aromatic heterocycles. The summed E-state index contributed by atoms with van der Waals surface area (Å²) in [4.78, 5) is 35.9. The molecule has 7 nitrogen and oxygen atoms in total. The number of rotatable bonds is 6. The van der Waals surface area contributed by atoms with Crippen LogP contribution < -0.4 is 10.4 Å². The second-order valence-corrected chi connectivity index (χ2v) is 7.00. The molecule has 2 unspecified atom stereocenters. The molecule has 1 aliphatic rings. The fraction of sp³-hybridized carbons (Fsp3) is 0.389. The Morgan fingerprint density at radius 1 is 1.44 bits per heavy atom. The highest BCUT2D eigenvalue weighted by atomic mass is 35.5. The average Bonchev–Trinajstić information content (AvgIpc) is 2.59. The molecule has 0 saturated heterocycles. The number of aliphatic carboxylic acids is 1. The predicted octanol–water partition coefficient (Wildman–Crippen LogP) is 3.59. The summed E-state index contributed by atoms with van der Waals surface area (Å²) in [5.74, 6) is -2.54. The molecule has 9 heteroatoms. The van der Waals surface area contributed by atoms with Gasteiger partial charge in [0, 0.05) is 12.6 Å². The van der Waals surface area contributed by atoms with Crippen LogP contribution in [0, 0.1) is 0 Å². The lowest BCUT2D eigenvalue weighted by molar-refractivity contribution is -0.147. The van der Waals surface area contributed by atoms with Gasteiger partial charge in [-0.1, -0.05) is 30.1 Å². The van der Waals surface area contributed by atoms with Gasteiger partial charge < -0.3 is 15.3 Å². The molecule has 0 spiro atoms. The summed E-state index contributed by atoms with van der Waals surface area (Å²) in [6.45, 7) is 5.27. The highest BCUT2D eigenvalue weighted by molar-refractivity contribution is 6.44. The van der Waals surface area contributed by atoms with E-state index < -0.39 is 23.6 Å². The first-order valence-electron chi connectivity index (χ1n) is 8.38. The van der Waals surface area contributed by atoms with E-state index in [2.05, 4.69) is 5.43 Å². The van der Waals surface area contributed by atoms with Crippen LogP contribution in [-0.2, 0) is 14.3 Å². The Morgan fingerprint density at radius 3 is 2.70 bits per heavy atom. The smallest absolute Gasteiger partial charge is 0.347 e. The van der Waals surface area contributed by atoms with Crippen molar-refractivity contribution in [3.63, 3.8) is 0 Å². The van der Waals surface area contributed by atoms with Gasteiger partial charge in [-0.05, 0) is 32.4 Å². The fourth-order valence-corrected chi connectivity index (χ4v) is 3.00. The largest absolute Gasteiger partial charge is 0.477 e. The molecule has 2 rings (SSSR count). The Morgan fingerprint density at radius 2 is 2.11 bits per heavy atom. The summed E-state index contributed by atoms with van der Waals surface area (Å²) in [6.07, 6.45) is 1.34. The van der Waals surface area contributed by atoms with Crippen molar-refractivity contribution in [2.45, 2.75) is 45.8 Å². The summed E-state index contributed by atoms with van der Waals surface area (Å²) < 4.78 is 5.07. The minimum Gasteiger partial charge on any atom is -0.477 e. The molecule has 2 atom stereocenters. The number of carboxylic acid groups (broad SMARTS) is 1. The maximum atomic E-state index is 12.3. The molecule has 1 heterocycles. The van der Waals surface area contributed by atoms with Gasteiger partial charge >= 0.3 is 11.9 Å². The minimum atomic E-state index is -1.43. The third-order valence-corrected chi connectivity index (χ3v) is 5.02. The van der Waals surface area contributed by atoms with Crippen molar-refractivity contribution in [1.29, 1.82) is 0 Å². The Hall–Kier alpha value is -2.25. The third-order valence-electron chi connectivity index (χ3n) is 4.21. The van der Waals surface area contributed by atoms with Gasteiger partial charge in [0.25, 0.3) is 0 Å². The molecule has 0 fully saturated rings. The van der Waals surface area contributed by atoms with Crippen molar-refractivity contribution in [2.24, 2.45) is 0 Å². The predicted molar refractivity (Wildman–Crippen MR) is 102 cm³/mol. The van der Waals surface area contributed by atoms with E-state index in [-0.39, 0.29) is 33.9 Å². The SMILES string of the molecule is CCC(C)OC(=O)C(=CNN1c2ccc(Cl)c(Cl)c2C(=O)CC1C)C(=O)O. The Bertz CT molecular complexity index is 809. The van der Waals surface area contributed by atoms with E-state index in [1.165, 1.54) is 0 Å². The zero-order chi connectivity index (χ0) is 20.3. The number of hydrogen-bond acceptors (Lipinski definition) is 6. The molecule has 0 aliphatic carbocycles. The lowest BCUT2D eigenvalue weighted by Crippen LogP contribution is -2.47. The summed E-state index contributed by atoms with van der Waals surface area (Å²) in [6, 6.07) is 2.84. The standard InChI is InChI=1S/C18H20Cl2N2O5/c1-4-10(3)27-18(26)11(17(24)25)8-21-22-9(2)7-14(23)15-13(22)6-5-12(19)16(15)20/h5-6,8-10,21H,4,7H2,1-3H3,(H,24,25). The number of carbonyl (C=O) groups is 3. The normalized spacial score (nSPS) is 18.0. The zero-order valence-electron chi connectivity index (χ0n) is 15.1. The van der Waals surface area contributed by atoms with E-state index >= 15 is 0 Å². The molecule has 27 heavy (non-hydrogen) atoms. The maximum absolute atomic E-state index is 12.3. The second-order valence-electron chi connectivity index (χ2n) is 6.22. The summed E-state index contributed by atoms with van der Waals surface area (Å²) in [5.41, 5.74) is 2.93. The van der Waals surface area contributed by atoms with Crippen LogP contribution >= 0.6 is 23.2 Å². The van der Waals surface area contributed by atoms with Crippen LogP contribution in [-0.4, -0.2) is 35.0 Å². The first-order valence-corrected chi connectivity index (χ1v) is 9.14. The van der Waals surface area contributed by atoms with Gasteiger partial charge in [0.15, 0.2) is 11.4 Å². The third kappa shape index (κ3) is 4.54. The van der Waals surface area contributed by atoms with Gasteiger partial charge in [-0.3, -0.25) is 9.80 Å². The monoisotopic (exact) mass is 414 g/mol. The van der Waals surface area contributed by atoms with Gasteiger partial charge in [0.05, 0.1) is 33.4 Å². The lowest BCUT2D eigenvalue weighted by atomic mass is 9.97. The van der Waals surface area contributed by atoms with Crippen LogP contribution in [0.25, 0.3) is 0 Å². The number of Topliss-reactive ketones (excluding diaryl/α,β-unsaturated/α-hetero) is 1. The van der Waals surface area contributed by atoms with Crippen LogP contribution in [0.5, 0.6) is 0 Å². The number of nitrogens with one attached hydrogen (secondary N) is 1. The molecular weight excluding hydrogens is 395 g/mol. The Kier molecular flexibility index (Phi) is 6.73. The van der Waals surface area contributed by atoms with Crippen molar-refractivity contribution in [3.8, 4) is 0 Å². The van der Waals surface area contributed by atoms with Gasteiger partial charge in [0.1, 0.15) is 0 Å². The zero-order valence-corrected chi connectivity index (χ0v) is 16.6. The number of benzene rings is 1. The number of anilines is 1. The molecular formula is C18H20Cl2N2O5. The fourth-order valence-electron chi connectivity index (χ4n) is 2.57. The highest BCUT2D eigenvalue weighted by Crippen LogP contribution is 2.38. The van der Waals surface area contributed by atoms with Gasteiger partial charge in [0.2, 0.25) is 0 Å². The van der Waals surface area contributed by atoms with Crippen molar-refractivity contribution in [1.82, 2.24) is 5.43 Å².